The third kappa shape index (κ3) is 13.4. The maximum Gasteiger partial charge on any atom is 0.326 e. The SMILES string of the molecule is CC(C)CCCCCCCCCCCC(=O)NC(C(=O)O)C(C)C. The molecule has 2 N–H and O–H groups in total. The molecule has 0 aliphatic heterocycles. The van der Waals surface area contributed by atoms with Crippen molar-refractivity contribution in [2.24, 2.45) is 11.8 Å². The number of nitrogens with one attached hydrogen (secondary N) is 1. The first-order chi connectivity index (χ1) is 11.3. The second-order valence-electron chi connectivity index (χ2n) is 7.74. The van der Waals surface area contributed by atoms with Crippen LogP contribution in [0.2, 0.25) is 0 Å². The van der Waals surface area contributed by atoms with E-state index in [1.54, 1.807) is 0 Å². The lowest BCUT2D eigenvalue weighted by Gasteiger charge is -2.17. The van der Waals surface area contributed by atoms with Crippen molar-refractivity contribution in [3.8, 4) is 0 Å². The first-order valence-electron chi connectivity index (χ1n) is 9.86. The van der Waals surface area contributed by atoms with Crippen molar-refractivity contribution in [1.82, 2.24) is 5.32 Å². The molecule has 0 fully saturated rings. The van der Waals surface area contributed by atoms with Gasteiger partial charge < -0.3 is 10.4 Å². The second kappa shape index (κ2) is 14.3. The molecule has 0 aromatic rings. The molecule has 0 heterocycles. The van der Waals surface area contributed by atoms with Gasteiger partial charge in [0.15, 0.2) is 0 Å². The first kappa shape index (κ1) is 22.9. The van der Waals surface area contributed by atoms with Crippen molar-refractivity contribution in [2.75, 3.05) is 0 Å². The van der Waals surface area contributed by atoms with Gasteiger partial charge >= 0.3 is 5.97 Å². The average molecular weight is 342 g/mol. The molecular weight excluding hydrogens is 302 g/mol. The van der Waals surface area contributed by atoms with Gasteiger partial charge in [-0.05, 0) is 18.3 Å². The zero-order valence-corrected chi connectivity index (χ0v) is 16.3. The minimum atomic E-state index is -0.952. The van der Waals surface area contributed by atoms with Crippen molar-refractivity contribution in [1.29, 1.82) is 0 Å². The predicted octanol–water partition coefficient (Wildman–Crippen LogP) is 5.16. The number of hydrogen-bond donors (Lipinski definition) is 2. The minimum Gasteiger partial charge on any atom is -0.480 e. The summed E-state index contributed by atoms with van der Waals surface area (Å²) in [5.74, 6) is -0.353. The van der Waals surface area contributed by atoms with Gasteiger partial charge in [-0.25, -0.2) is 4.79 Å². The molecule has 0 saturated carbocycles. The molecule has 0 rings (SSSR count). The van der Waals surface area contributed by atoms with E-state index in [0.29, 0.717) is 6.42 Å². The van der Waals surface area contributed by atoms with Gasteiger partial charge in [-0.3, -0.25) is 4.79 Å². The number of carboxylic acid groups (broad SMARTS) is 1. The molecule has 0 aliphatic rings. The number of amides is 1. The van der Waals surface area contributed by atoms with Crippen LogP contribution >= 0.6 is 0 Å². The van der Waals surface area contributed by atoms with E-state index in [1.807, 2.05) is 13.8 Å². The highest BCUT2D eigenvalue weighted by Gasteiger charge is 2.22. The molecule has 0 spiro atoms. The van der Waals surface area contributed by atoms with Crippen LogP contribution in [0.1, 0.15) is 98.3 Å². The van der Waals surface area contributed by atoms with Crippen molar-refractivity contribution >= 4 is 11.9 Å². The van der Waals surface area contributed by atoms with Gasteiger partial charge in [-0.2, -0.15) is 0 Å². The number of aliphatic carboxylic acids is 1. The van der Waals surface area contributed by atoms with E-state index in [4.69, 9.17) is 5.11 Å². The second-order valence-corrected chi connectivity index (χ2v) is 7.74. The Kier molecular flexibility index (Phi) is 13.7. The smallest absolute Gasteiger partial charge is 0.326 e. The highest BCUT2D eigenvalue weighted by Crippen LogP contribution is 2.13. The van der Waals surface area contributed by atoms with E-state index in [0.717, 1.165) is 18.8 Å². The molecule has 0 radical (unpaired) electrons. The van der Waals surface area contributed by atoms with Crippen molar-refractivity contribution < 1.29 is 14.7 Å². The summed E-state index contributed by atoms with van der Waals surface area (Å²) in [6, 6.07) is -0.770. The van der Waals surface area contributed by atoms with Gasteiger partial charge in [-0.1, -0.05) is 85.5 Å². The van der Waals surface area contributed by atoms with Crippen LogP contribution in [-0.4, -0.2) is 23.0 Å². The molecule has 0 bridgehead atoms. The zero-order valence-electron chi connectivity index (χ0n) is 16.3. The standard InChI is InChI=1S/C20H39NO3/c1-16(2)14-12-10-8-6-5-7-9-11-13-15-18(22)21-19(17(3)4)20(23)24/h16-17,19H,5-15H2,1-4H3,(H,21,22)(H,23,24). The van der Waals surface area contributed by atoms with E-state index in [1.165, 1.54) is 51.4 Å². The van der Waals surface area contributed by atoms with Crippen LogP contribution in [-0.2, 0) is 9.59 Å². The zero-order chi connectivity index (χ0) is 18.4. The van der Waals surface area contributed by atoms with Crippen molar-refractivity contribution in [3.63, 3.8) is 0 Å². The molecular formula is C20H39NO3. The minimum absolute atomic E-state index is 0.0908. The van der Waals surface area contributed by atoms with E-state index < -0.39 is 12.0 Å². The fraction of sp³-hybridized carbons (Fsp3) is 0.900. The quantitative estimate of drug-likeness (QED) is 0.404. The van der Waals surface area contributed by atoms with Crippen LogP contribution in [0.25, 0.3) is 0 Å². The summed E-state index contributed by atoms with van der Waals surface area (Å²) in [5.41, 5.74) is 0. The summed E-state index contributed by atoms with van der Waals surface area (Å²) in [5, 5.41) is 11.7. The summed E-state index contributed by atoms with van der Waals surface area (Å²) in [4.78, 5) is 22.8. The lowest BCUT2D eigenvalue weighted by Crippen LogP contribution is -2.44. The van der Waals surface area contributed by atoms with E-state index in [2.05, 4.69) is 19.2 Å². The molecule has 0 aromatic heterocycles. The fourth-order valence-corrected chi connectivity index (χ4v) is 2.83. The van der Waals surface area contributed by atoms with Crippen LogP contribution < -0.4 is 5.32 Å². The monoisotopic (exact) mass is 341 g/mol. The third-order valence-electron chi connectivity index (χ3n) is 4.43. The summed E-state index contributed by atoms with van der Waals surface area (Å²) in [6.45, 7) is 8.18. The Labute approximate surface area is 148 Å². The molecule has 4 nitrogen and oxygen atoms in total. The Bertz CT molecular complexity index is 340. The average Bonchev–Trinajstić information content (AvgIpc) is 2.49. The molecule has 142 valence electrons. The van der Waals surface area contributed by atoms with Gasteiger partial charge in [0.05, 0.1) is 0 Å². The number of rotatable bonds is 15. The van der Waals surface area contributed by atoms with E-state index in [-0.39, 0.29) is 11.8 Å². The van der Waals surface area contributed by atoms with E-state index >= 15 is 0 Å². The lowest BCUT2D eigenvalue weighted by molar-refractivity contribution is -0.143. The Balaban J connectivity index is 3.47. The Hall–Kier alpha value is -1.06. The Morgan fingerprint density at radius 2 is 1.25 bits per heavy atom. The van der Waals surface area contributed by atoms with Gasteiger partial charge in [0, 0.05) is 6.42 Å². The third-order valence-corrected chi connectivity index (χ3v) is 4.43. The lowest BCUT2D eigenvalue weighted by atomic mass is 10.0. The molecule has 24 heavy (non-hydrogen) atoms. The topological polar surface area (TPSA) is 66.4 Å². The Morgan fingerprint density at radius 3 is 1.67 bits per heavy atom. The van der Waals surface area contributed by atoms with Gasteiger partial charge in [0.1, 0.15) is 6.04 Å². The molecule has 0 aromatic carbocycles. The molecule has 1 unspecified atom stereocenters. The number of hydrogen-bond acceptors (Lipinski definition) is 2. The molecule has 1 amide bonds. The van der Waals surface area contributed by atoms with Gasteiger partial charge in [-0.15, -0.1) is 0 Å². The predicted molar refractivity (Wildman–Crippen MR) is 100 cm³/mol. The first-order valence-corrected chi connectivity index (χ1v) is 9.86. The van der Waals surface area contributed by atoms with Crippen molar-refractivity contribution in [2.45, 2.75) is 104 Å². The van der Waals surface area contributed by atoms with Gasteiger partial charge in [0.25, 0.3) is 0 Å². The summed E-state index contributed by atoms with van der Waals surface area (Å²) in [7, 11) is 0. The summed E-state index contributed by atoms with van der Waals surface area (Å²) >= 11 is 0. The molecule has 4 heteroatoms. The highest BCUT2D eigenvalue weighted by atomic mass is 16.4. The number of carbonyl (C=O) groups is 2. The maximum atomic E-state index is 11.8. The van der Waals surface area contributed by atoms with Crippen molar-refractivity contribution in [3.05, 3.63) is 0 Å². The van der Waals surface area contributed by atoms with Crippen LogP contribution in [0.5, 0.6) is 0 Å². The number of unbranched alkanes of at least 4 members (excludes halogenated alkanes) is 8. The normalized spacial score (nSPS) is 12.6. The number of carboxylic acids is 1. The van der Waals surface area contributed by atoms with Crippen LogP contribution in [0.3, 0.4) is 0 Å². The van der Waals surface area contributed by atoms with Gasteiger partial charge in [0.2, 0.25) is 5.91 Å². The summed E-state index contributed by atoms with van der Waals surface area (Å²) in [6.07, 6.45) is 12.8. The van der Waals surface area contributed by atoms with Crippen LogP contribution in [0.4, 0.5) is 0 Å². The molecule has 1 atom stereocenters. The van der Waals surface area contributed by atoms with Crippen LogP contribution in [0, 0.1) is 11.8 Å². The maximum absolute atomic E-state index is 11.8. The molecule has 0 saturated heterocycles. The Morgan fingerprint density at radius 1 is 0.792 bits per heavy atom. The fourth-order valence-electron chi connectivity index (χ4n) is 2.83. The largest absolute Gasteiger partial charge is 0.480 e. The van der Waals surface area contributed by atoms with E-state index in [9.17, 15) is 9.59 Å². The molecule has 0 aliphatic carbocycles. The van der Waals surface area contributed by atoms with Crippen LogP contribution in [0.15, 0.2) is 0 Å². The number of carbonyl (C=O) groups excluding carboxylic acids is 1. The summed E-state index contributed by atoms with van der Waals surface area (Å²) < 4.78 is 0. The highest BCUT2D eigenvalue weighted by molar-refractivity contribution is 5.83.